The van der Waals surface area contributed by atoms with Crippen LogP contribution in [0.2, 0.25) is 0 Å². The number of carbonyl (C=O) groups excluding carboxylic acids is 2. The fraction of sp³-hybridized carbons (Fsp3) is 0.750. The number of aliphatic carboxylic acids is 1. The lowest BCUT2D eigenvalue weighted by atomic mass is 10.2. The number of hydrogen-bond acceptors (Lipinski definition) is 5. The van der Waals surface area contributed by atoms with Gasteiger partial charge < -0.3 is 25.6 Å². The van der Waals surface area contributed by atoms with Gasteiger partial charge in [0.25, 0.3) is 0 Å². The van der Waals surface area contributed by atoms with E-state index in [4.69, 9.17) is 14.9 Å². The Balaban J connectivity index is 4.40. The lowest BCUT2D eigenvalue weighted by molar-refractivity contribution is -0.142. The van der Waals surface area contributed by atoms with Crippen LogP contribution in [0, 0.1) is 0 Å². The van der Waals surface area contributed by atoms with Gasteiger partial charge in [0.2, 0.25) is 5.91 Å². The molecule has 4 N–H and O–H groups in total. The van der Waals surface area contributed by atoms with Crippen LogP contribution in [0.25, 0.3) is 0 Å². The quantitative estimate of drug-likeness (QED) is 0.539. The van der Waals surface area contributed by atoms with E-state index < -0.39 is 35.7 Å². The van der Waals surface area contributed by atoms with E-state index in [1.165, 1.54) is 6.92 Å². The van der Waals surface area contributed by atoms with E-state index in [1.807, 2.05) is 0 Å². The molecule has 0 aromatic heterocycles. The highest BCUT2D eigenvalue weighted by Gasteiger charge is 2.25. The molecule has 0 heterocycles. The van der Waals surface area contributed by atoms with E-state index in [9.17, 15) is 14.4 Å². The van der Waals surface area contributed by atoms with Crippen LogP contribution in [-0.2, 0) is 14.3 Å². The predicted octanol–water partition coefficient (Wildman–Crippen LogP) is -0.149. The van der Waals surface area contributed by atoms with E-state index in [0.717, 1.165) is 0 Å². The Hall–Kier alpha value is -1.83. The minimum absolute atomic E-state index is 0.111. The van der Waals surface area contributed by atoms with Crippen LogP contribution in [-0.4, -0.2) is 52.5 Å². The van der Waals surface area contributed by atoms with E-state index in [-0.39, 0.29) is 13.0 Å². The molecule has 116 valence electrons. The van der Waals surface area contributed by atoms with E-state index in [0.29, 0.717) is 0 Å². The van der Waals surface area contributed by atoms with Crippen LogP contribution in [0.15, 0.2) is 0 Å². The zero-order valence-corrected chi connectivity index (χ0v) is 12.1. The van der Waals surface area contributed by atoms with Gasteiger partial charge in [-0.1, -0.05) is 0 Å². The first-order valence-electron chi connectivity index (χ1n) is 6.20. The summed E-state index contributed by atoms with van der Waals surface area (Å²) in [5.41, 5.74) is -0.694. The summed E-state index contributed by atoms with van der Waals surface area (Å²) >= 11 is 0. The number of carboxylic acids is 1. The van der Waals surface area contributed by atoms with Crippen LogP contribution in [0.5, 0.6) is 0 Å². The van der Waals surface area contributed by atoms with Crippen molar-refractivity contribution in [1.82, 2.24) is 10.6 Å². The van der Waals surface area contributed by atoms with Crippen molar-refractivity contribution < 1.29 is 29.3 Å². The van der Waals surface area contributed by atoms with Crippen molar-refractivity contribution in [2.45, 2.75) is 51.8 Å². The lowest BCUT2D eigenvalue weighted by Gasteiger charge is -2.22. The number of carbonyl (C=O) groups is 3. The topological polar surface area (TPSA) is 125 Å². The number of alkyl carbamates (subject to hydrolysis) is 1. The summed E-state index contributed by atoms with van der Waals surface area (Å²) in [7, 11) is 0. The van der Waals surface area contributed by atoms with Gasteiger partial charge in [0.1, 0.15) is 17.7 Å². The van der Waals surface area contributed by atoms with Crippen molar-refractivity contribution in [3.8, 4) is 0 Å². The number of aliphatic hydroxyl groups excluding tert-OH is 1. The molecule has 0 saturated heterocycles. The Labute approximate surface area is 117 Å². The Kier molecular flexibility index (Phi) is 6.98. The maximum Gasteiger partial charge on any atom is 0.408 e. The lowest BCUT2D eigenvalue weighted by Crippen LogP contribution is -2.51. The number of rotatable bonds is 6. The fourth-order valence-corrected chi connectivity index (χ4v) is 1.23. The third kappa shape index (κ3) is 7.57. The van der Waals surface area contributed by atoms with Crippen LogP contribution in [0.1, 0.15) is 34.1 Å². The van der Waals surface area contributed by atoms with Crippen LogP contribution in [0.3, 0.4) is 0 Å². The zero-order chi connectivity index (χ0) is 15.9. The largest absolute Gasteiger partial charge is 0.480 e. The van der Waals surface area contributed by atoms with E-state index in [2.05, 4.69) is 10.6 Å². The molecule has 0 aliphatic carbocycles. The van der Waals surface area contributed by atoms with Gasteiger partial charge in [0.05, 0.1) is 0 Å². The number of amides is 2. The summed E-state index contributed by atoms with van der Waals surface area (Å²) in [6.45, 7) is 6.07. The van der Waals surface area contributed by atoms with E-state index in [1.54, 1.807) is 20.8 Å². The normalized spacial score (nSPS) is 14.1. The Morgan fingerprint density at radius 3 is 2.15 bits per heavy atom. The minimum Gasteiger partial charge on any atom is -0.480 e. The Morgan fingerprint density at radius 2 is 1.75 bits per heavy atom. The first-order chi connectivity index (χ1) is 9.06. The fourth-order valence-electron chi connectivity index (χ4n) is 1.23. The monoisotopic (exact) mass is 290 g/mol. The summed E-state index contributed by atoms with van der Waals surface area (Å²) in [4.78, 5) is 34.0. The minimum atomic E-state index is -1.25. The van der Waals surface area contributed by atoms with Crippen molar-refractivity contribution in [2.24, 2.45) is 0 Å². The average molecular weight is 290 g/mol. The molecular weight excluding hydrogens is 268 g/mol. The highest BCUT2D eigenvalue weighted by Crippen LogP contribution is 2.06. The molecule has 0 aliphatic rings. The molecular formula is C12H22N2O6. The average Bonchev–Trinajstić information content (AvgIpc) is 2.25. The van der Waals surface area contributed by atoms with Crippen molar-refractivity contribution >= 4 is 18.0 Å². The molecule has 0 spiro atoms. The molecule has 1 unspecified atom stereocenters. The molecule has 0 aliphatic heterocycles. The summed E-state index contributed by atoms with van der Waals surface area (Å²) < 4.78 is 4.97. The third-order valence-corrected chi connectivity index (χ3v) is 2.16. The molecule has 0 aromatic rings. The van der Waals surface area contributed by atoms with Gasteiger partial charge in [0.15, 0.2) is 0 Å². The second-order valence-electron chi connectivity index (χ2n) is 5.28. The van der Waals surface area contributed by atoms with Gasteiger partial charge in [0, 0.05) is 13.0 Å². The zero-order valence-electron chi connectivity index (χ0n) is 12.1. The molecule has 0 aromatic carbocycles. The molecule has 0 fully saturated rings. The first-order valence-corrected chi connectivity index (χ1v) is 6.20. The second kappa shape index (κ2) is 7.68. The van der Waals surface area contributed by atoms with Crippen molar-refractivity contribution in [2.75, 3.05) is 6.61 Å². The van der Waals surface area contributed by atoms with Gasteiger partial charge in [-0.05, 0) is 27.7 Å². The second-order valence-corrected chi connectivity index (χ2v) is 5.28. The predicted molar refractivity (Wildman–Crippen MR) is 70.1 cm³/mol. The van der Waals surface area contributed by atoms with Gasteiger partial charge in [-0.3, -0.25) is 4.79 Å². The maximum atomic E-state index is 11.7. The molecule has 8 nitrogen and oxygen atoms in total. The number of carboxylic acid groups (broad SMARTS) is 1. The van der Waals surface area contributed by atoms with Crippen LogP contribution < -0.4 is 10.6 Å². The summed E-state index contributed by atoms with van der Waals surface area (Å²) in [5, 5.41) is 22.0. The summed E-state index contributed by atoms with van der Waals surface area (Å²) in [6.07, 6.45) is -0.880. The molecule has 0 rings (SSSR count). The summed E-state index contributed by atoms with van der Waals surface area (Å²) in [5.74, 6) is -1.92. The molecule has 0 bridgehead atoms. The van der Waals surface area contributed by atoms with Gasteiger partial charge in [-0.25, -0.2) is 9.59 Å². The maximum absolute atomic E-state index is 11.7. The van der Waals surface area contributed by atoms with Gasteiger partial charge in [-0.2, -0.15) is 0 Å². The number of nitrogens with one attached hydrogen (secondary N) is 2. The molecule has 20 heavy (non-hydrogen) atoms. The SMILES string of the molecule is C[C@@H](NC(=O)OC(C)(C)C)C(=O)NC(CCO)C(=O)O. The first kappa shape index (κ1) is 18.2. The number of ether oxygens (including phenoxy) is 1. The molecule has 0 saturated carbocycles. The molecule has 0 radical (unpaired) electrons. The van der Waals surface area contributed by atoms with Crippen LogP contribution >= 0.6 is 0 Å². The molecule has 8 heteroatoms. The van der Waals surface area contributed by atoms with Gasteiger partial charge in [-0.15, -0.1) is 0 Å². The van der Waals surface area contributed by atoms with Crippen molar-refractivity contribution in [3.05, 3.63) is 0 Å². The van der Waals surface area contributed by atoms with Gasteiger partial charge >= 0.3 is 12.1 Å². The highest BCUT2D eigenvalue weighted by molar-refractivity contribution is 5.88. The standard InChI is InChI=1S/C12H22N2O6/c1-7(13-11(19)20-12(2,3)4)9(16)14-8(5-6-15)10(17)18/h7-8,15H,5-6H2,1-4H3,(H,13,19)(H,14,16)(H,17,18)/t7-,8?/m1/s1. The highest BCUT2D eigenvalue weighted by atomic mass is 16.6. The molecule has 2 atom stereocenters. The Bertz CT molecular complexity index is 363. The van der Waals surface area contributed by atoms with Crippen LogP contribution in [0.4, 0.5) is 4.79 Å². The van der Waals surface area contributed by atoms with Crippen molar-refractivity contribution in [1.29, 1.82) is 0 Å². The molecule has 2 amide bonds. The van der Waals surface area contributed by atoms with Crippen molar-refractivity contribution in [3.63, 3.8) is 0 Å². The Morgan fingerprint density at radius 1 is 1.20 bits per heavy atom. The smallest absolute Gasteiger partial charge is 0.408 e. The third-order valence-electron chi connectivity index (χ3n) is 2.16. The number of hydrogen-bond donors (Lipinski definition) is 4. The number of aliphatic hydroxyl groups is 1. The summed E-state index contributed by atoms with van der Waals surface area (Å²) in [6, 6.07) is -2.15. The van der Waals surface area contributed by atoms with E-state index >= 15 is 0 Å².